The number of hydrogen-bond donors (Lipinski definition) is 1. The molecule has 0 rings (SSSR count). The van der Waals surface area contributed by atoms with Crippen molar-refractivity contribution in [3.63, 3.8) is 0 Å². The second-order valence-corrected chi connectivity index (χ2v) is 1.70. The normalized spacial score (nSPS) is 6.36. The van der Waals surface area contributed by atoms with Crippen LogP contribution in [0.1, 0.15) is 49.0 Å². The molecule has 11 heavy (non-hydrogen) atoms. The van der Waals surface area contributed by atoms with Crippen LogP contribution in [-0.2, 0) is 4.79 Å². The van der Waals surface area contributed by atoms with Crippen LogP contribution in [0.5, 0.6) is 0 Å². The summed E-state index contributed by atoms with van der Waals surface area (Å²) in [7, 11) is 0. The Bertz CT molecular complexity index is 72.0. The van der Waals surface area contributed by atoms with Crippen LogP contribution < -0.4 is 5.32 Å². The summed E-state index contributed by atoms with van der Waals surface area (Å²) in [5, 5.41) is 2.74. The first-order valence-electron chi connectivity index (χ1n) is 3.08. The van der Waals surface area contributed by atoms with Gasteiger partial charge in [0.05, 0.1) is 0 Å². The summed E-state index contributed by atoms with van der Waals surface area (Å²) in [5.41, 5.74) is 0. The lowest BCUT2D eigenvalue weighted by molar-refractivity contribution is -0.120. The van der Waals surface area contributed by atoms with Crippen molar-refractivity contribution in [3.8, 4) is 0 Å². The van der Waals surface area contributed by atoms with Gasteiger partial charge in [-0.25, -0.2) is 0 Å². The van der Waals surface area contributed by atoms with Crippen LogP contribution in [0.25, 0.3) is 0 Å². The minimum atomic E-state index is 0. The Kier molecular flexibility index (Phi) is 33.1. The van der Waals surface area contributed by atoms with Crippen molar-refractivity contribution in [1.82, 2.24) is 5.32 Å². The summed E-state index contributed by atoms with van der Waals surface area (Å²) in [6.07, 6.45) is 1.62. The third-order valence-electron chi connectivity index (χ3n) is 0.893. The van der Waals surface area contributed by atoms with Crippen LogP contribution in [0, 0.1) is 0 Å². The fourth-order valence-corrected chi connectivity index (χ4v) is 0.389. The molecule has 1 N–H and O–H groups in total. The maximum atomic E-state index is 10.5. The molecule has 0 fully saturated rings. The van der Waals surface area contributed by atoms with E-state index < -0.39 is 0 Å². The summed E-state index contributed by atoms with van der Waals surface area (Å²) in [6.45, 7) is 4.70. The predicted octanol–water partition coefficient (Wildman–Crippen LogP) is 2.83. The number of carbonyl (C=O) groups excluding carboxylic acids is 1. The quantitative estimate of drug-likeness (QED) is 0.681. The van der Waals surface area contributed by atoms with Crippen LogP contribution in [0.3, 0.4) is 0 Å². The monoisotopic (exact) mass is 163 g/mol. The molecule has 0 saturated carbocycles. The SMILES string of the molecule is C.C.C.CCCNC(=O)CC. The summed E-state index contributed by atoms with van der Waals surface area (Å²) in [6, 6.07) is 0. The largest absolute Gasteiger partial charge is 0.356 e. The van der Waals surface area contributed by atoms with E-state index in [0.717, 1.165) is 13.0 Å². The fourth-order valence-electron chi connectivity index (χ4n) is 0.389. The van der Waals surface area contributed by atoms with E-state index >= 15 is 0 Å². The third kappa shape index (κ3) is 17.7. The molecule has 0 heterocycles. The van der Waals surface area contributed by atoms with E-state index in [1.807, 2.05) is 13.8 Å². The summed E-state index contributed by atoms with van der Waals surface area (Å²) in [5.74, 6) is 0.145. The molecule has 72 valence electrons. The molecule has 0 aromatic carbocycles. The van der Waals surface area contributed by atoms with Crippen molar-refractivity contribution in [1.29, 1.82) is 0 Å². The van der Waals surface area contributed by atoms with E-state index in [2.05, 4.69) is 5.32 Å². The molecule has 0 unspecified atom stereocenters. The molecule has 0 radical (unpaired) electrons. The first kappa shape index (κ1) is 22.4. The summed E-state index contributed by atoms with van der Waals surface area (Å²) in [4.78, 5) is 10.5. The Balaban J connectivity index is -0.0000000817. The molecule has 0 aliphatic heterocycles. The van der Waals surface area contributed by atoms with Gasteiger partial charge < -0.3 is 5.32 Å². The first-order chi connectivity index (χ1) is 3.81. The molecule has 0 atom stereocenters. The van der Waals surface area contributed by atoms with E-state index in [0.29, 0.717) is 6.42 Å². The summed E-state index contributed by atoms with van der Waals surface area (Å²) >= 11 is 0. The minimum absolute atomic E-state index is 0. The highest BCUT2D eigenvalue weighted by Gasteiger charge is 1.90. The van der Waals surface area contributed by atoms with Gasteiger partial charge in [0, 0.05) is 13.0 Å². The number of rotatable bonds is 3. The van der Waals surface area contributed by atoms with Crippen molar-refractivity contribution in [2.24, 2.45) is 0 Å². The van der Waals surface area contributed by atoms with Gasteiger partial charge in [-0.2, -0.15) is 0 Å². The Labute approximate surface area is 72.4 Å². The third-order valence-corrected chi connectivity index (χ3v) is 0.893. The van der Waals surface area contributed by atoms with E-state index in [1.165, 1.54) is 0 Å². The predicted molar refractivity (Wildman–Crippen MR) is 53.8 cm³/mol. The lowest BCUT2D eigenvalue weighted by Gasteiger charge is -1.97. The van der Waals surface area contributed by atoms with Crippen LogP contribution >= 0.6 is 0 Å². The topological polar surface area (TPSA) is 29.1 Å². The highest BCUT2D eigenvalue weighted by Crippen LogP contribution is 1.75. The molecule has 0 saturated heterocycles. The second kappa shape index (κ2) is 16.2. The van der Waals surface area contributed by atoms with Crippen LogP contribution in [0.15, 0.2) is 0 Å². The molecule has 0 aromatic heterocycles. The number of hydrogen-bond acceptors (Lipinski definition) is 1. The molecular weight excluding hydrogens is 138 g/mol. The molecule has 2 heteroatoms. The average molecular weight is 163 g/mol. The lowest BCUT2D eigenvalue weighted by atomic mass is 10.4. The van der Waals surface area contributed by atoms with Gasteiger partial charge in [0.1, 0.15) is 0 Å². The van der Waals surface area contributed by atoms with Gasteiger partial charge in [-0.3, -0.25) is 4.79 Å². The van der Waals surface area contributed by atoms with Crippen LogP contribution in [0.4, 0.5) is 0 Å². The van der Waals surface area contributed by atoms with Gasteiger partial charge in [-0.15, -0.1) is 0 Å². The van der Waals surface area contributed by atoms with Gasteiger partial charge in [0.25, 0.3) is 0 Å². The Morgan fingerprint density at radius 1 is 1.18 bits per heavy atom. The Morgan fingerprint density at radius 2 is 1.64 bits per heavy atom. The minimum Gasteiger partial charge on any atom is -0.356 e. The molecule has 0 aromatic rings. The van der Waals surface area contributed by atoms with E-state index in [1.54, 1.807) is 0 Å². The number of nitrogens with one attached hydrogen (secondary N) is 1. The van der Waals surface area contributed by atoms with Gasteiger partial charge in [-0.1, -0.05) is 36.1 Å². The van der Waals surface area contributed by atoms with E-state index in [9.17, 15) is 4.79 Å². The first-order valence-corrected chi connectivity index (χ1v) is 3.08. The van der Waals surface area contributed by atoms with Gasteiger partial charge in [0.15, 0.2) is 0 Å². The zero-order chi connectivity index (χ0) is 6.41. The maximum Gasteiger partial charge on any atom is 0.219 e. The number of carbonyl (C=O) groups is 1. The van der Waals surface area contributed by atoms with Crippen molar-refractivity contribution in [3.05, 3.63) is 0 Å². The van der Waals surface area contributed by atoms with Crippen LogP contribution in [-0.4, -0.2) is 12.5 Å². The zero-order valence-corrected chi connectivity index (χ0v) is 5.53. The van der Waals surface area contributed by atoms with Crippen molar-refractivity contribution >= 4 is 5.91 Å². The molecule has 0 aliphatic rings. The van der Waals surface area contributed by atoms with Gasteiger partial charge in [-0.05, 0) is 6.42 Å². The van der Waals surface area contributed by atoms with Gasteiger partial charge >= 0.3 is 0 Å². The maximum absolute atomic E-state index is 10.5. The standard InChI is InChI=1S/C6H13NO.3CH4/c1-3-5-7-6(8)4-2;;;/h3-5H2,1-2H3,(H,7,8);3*1H4. The molecule has 0 aliphatic carbocycles. The second-order valence-electron chi connectivity index (χ2n) is 1.70. The molecular formula is C9H25NO. The molecule has 2 nitrogen and oxygen atoms in total. The van der Waals surface area contributed by atoms with Gasteiger partial charge in [0.2, 0.25) is 5.91 Å². The molecule has 1 amide bonds. The van der Waals surface area contributed by atoms with Crippen molar-refractivity contribution < 1.29 is 4.79 Å². The summed E-state index contributed by atoms with van der Waals surface area (Å²) < 4.78 is 0. The molecule has 0 spiro atoms. The zero-order valence-electron chi connectivity index (χ0n) is 5.53. The van der Waals surface area contributed by atoms with Crippen LogP contribution in [0.2, 0.25) is 0 Å². The van der Waals surface area contributed by atoms with E-state index in [-0.39, 0.29) is 28.2 Å². The smallest absolute Gasteiger partial charge is 0.219 e. The van der Waals surface area contributed by atoms with Crippen molar-refractivity contribution in [2.45, 2.75) is 49.0 Å². The molecule has 0 bridgehead atoms. The fraction of sp³-hybridized carbons (Fsp3) is 0.889. The van der Waals surface area contributed by atoms with Crippen molar-refractivity contribution in [2.75, 3.05) is 6.54 Å². The highest BCUT2D eigenvalue weighted by atomic mass is 16.1. The number of amides is 1. The average Bonchev–Trinajstić information content (AvgIpc) is 1.83. The Hall–Kier alpha value is -0.530. The lowest BCUT2D eigenvalue weighted by Crippen LogP contribution is -2.22. The van der Waals surface area contributed by atoms with E-state index in [4.69, 9.17) is 0 Å². The Morgan fingerprint density at radius 3 is 1.91 bits per heavy atom. The highest BCUT2D eigenvalue weighted by molar-refractivity contribution is 5.75.